The van der Waals surface area contributed by atoms with E-state index in [4.69, 9.17) is 5.73 Å². The van der Waals surface area contributed by atoms with E-state index in [0.29, 0.717) is 5.56 Å². The smallest absolute Gasteiger partial charge is 0.323 e. The van der Waals surface area contributed by atoms with Crippen LogP contribution in [-0.2, 0) is 6.18 Å². The van der Waals surface area contributed by atoms with Gasteiger partial charge in [0.1, 0.15) is 5.82 Å². The summed E-state index contributed by atoms with van der Waals surface area (Å²) in [6, 6.07) is 2.50. The summed E-state index contributed by atoms with van der Waals surface area (Å²) >= 11 is 1.69. The highest BCUT2D eigenvalue weighted by Gasteiger charge is 2.38. The van der Waals surface area contributed by atoms with Crippen LogP contribution >= 0.6 is 11.8 Å². The molecule has 2 rings (SSSR count). The molecule has 1 saturated heterocycles. The van der Waals surface area contributed by atoms with Crippen molar-refractivity contribution in [2.75, 3.05) is 5.75 Å². The zero-order valence-electron chi connectivity index (χ0n) is 10.4. The molecule has 1 aliphatic heterocycles. The highest BCUT2D eigenvalue weighted by molar-refractivity contribution is 8.00. The molecule has 1 heterocycles. The van der Waals surface area contributed by atoms with Crippen LogP contribution in [0.15, 0.2) is 18.2 Å². The molecule has 0 spiro atoms. The number of hydrogen-bond acceptors (Lipinski definition) is 2. The van der Waals surface area contributed by atoms with E-state index in [0.717, 1.165) is 30.7 Å². The van der Waals surface area contributed by atoms with Crippen LogP contribution in [0.2, 0.25) is 0 Å². The molecule has 2 unspecified atom stereocenters. The molecule has 1 aliphatic rings. The normalized spacial score (nSPS) is 25.6. The zero-order chi connectivity index (χ0) is 14.3. The molecule has 0 aromatic heterocycles. The number of halogens is 4. The maximum Gasteiger partial charge on any atom is 0.419 e. The fourth-order valence-corrected chi connectivity index (χ4v) is 3.71. The Morgan fingerprint density at radius 2 is 2.05 bits per heavy atom. The molecule has 0 amide bonds. The van der Waals surface area contributed by atoms with Crippen LogP contribution in [0.25, 0.3) is 0 Å². The molecule has 1 nitrogen and oxygen atoms in total. The van der Waals surface area contributed by atoms with Crippen LogP contribution in [0.4, 0.5) is 17.6 Å². The molecule has 1 fully saturated rings. The number of alkyl halides is 3. The van der Waals surface area contributed by atoms with E-state index in [1.165, 1.54) is 6.07 Å². The lowest BCUT2D eigenvalue weighted by molar-refractivity contribution is -0.140. The summed E-state index contributed by atoms with van der Waals surface area (Å²) in [5.74, 6) is -0.278. The van der Waals surface area contributed by atoms with E-state index < -0.39 is 23.6 Å². The first-order chi connectivity index (χ1) is 8.74. The van der Waals surface area contributed by atoms with E-state index >= 15 is 0 Å². The molecule has 0 radical (unpaired) electrons. The largest absolute Gasteiger partial charge is 0.419 e. The first-order valence-corrected chi connectivity index (χ1v) is 6.99. The zero-order valence-corrected chi connectivity index (χ0v) is 11.2. The summed E-state index contributed by atoms with van der Waals surface area (Å²) in [6.45, 7) is 1.98. The van der Waals surface area contributed by atoms with Crippen LogP contribution in [0.1, 0.15) is 36.9 Å². The van der Waals surface area contributed by atoms with E-state index in [2.05, 4.69) is 0 Å². The SMILES string of the molecule is CC1(C(N)c2ccc(C(F)(F)F)c(F)c2)CCCS1. The molecule has 0 aliphatic carbocycles. The third-order valence-electron chi connectivity index (χ3n) is 3.56. The van der Waals surface area contributed by atoms with Gasteiger partial charge in [0.25, 0.3) is 0 Å². The molecular formula is C13H15F4NS. The predicted octanol–water partition coefficient (Wildman–Crippen LogP) is 4.13. The number of benzene rings is 1. The van der Waals surface area contributed by atoms with Gasteiger partial charge in [-0.15, -0.1) is 0 Å². The van der Waals surface area contributed by atoms with E-state index in [1.54, 1.807) is 11.8 Å². The monoisotopic (exact) mass is 293 g/mol. The van der Waals surface area contributed by atoms with Gasteiger partial charge in [0.15, 0.2) is 0 Å². The predicted molar refractivity (Wildman–Crippen MR) is 68.4 cm³/mol. The van der Waals surface area contributed by atoms with Gasteiger partial charge in [0.2, 0.25) is 0 Å². The lowest BCUT2D eigenvalue weighted by atomic mass is 9.90. The van der Waals surface area contributed by atoms with Crippen LogP contribution in [-0.4, -0.2) is 10.5 Å². The van der Waals surface area contributed by atoms with Gasteiger partial charge in [-0.25, -0.2) is 4.39 Å². The van der Waals surface area contributed by atoms with Gasteiger partial charge in [-0.1, -0.05) is 6.07 Å². The number of hydrogen-bond donors (Lipinski definition) is 1. The minimum absolute atomic E-state index is 0.230. The molecule has 1 aromatic rings. The fraction of sp³-hybridized carbons (Fsp3) is 0.538. The minimum atomic E-state index is -4.67. The Hall–Kier alpha value is -0.750. The van der Waals surface area contributed by atoms with Gasteiger partial charge in [0, 0.05) is 10.8 Å². The average Bonchev–Trinajstić information content (AvgIpc) is 2.74. The highest BCUT2D eigenvalue weighted by Crippen LogP contribution is 2.45. The van der Waals surface area contributed by atoms with Gasteiger partial charge >= 0.3 is 6.18 Å². The van der Waals surface area contributed by atoms with Crippen LogP contribution in [0.3, 0.4) is 0 Å². The van der Waals surface area contributed by atoms with Crippen molar-refractivity contribution in [1.29, 1.82) is 0 Å². The lowest BCUT2D eigenvalue weighted by Gasteiger charge is -2.30. The molecule has 2 N–H and O–H groups in total. The van der Waals surface area contributed by atoms with E-state index in [1.807, 2.05) is 6.92 Å². The maximum absolute atomic E-state index is 13.5. The lowest BCUT2D eigenvalue weighted by Crippen LogP contribution is -2.33. The fourth-order valence-electron chi connectivity index (χ4n) is 2.35. The average molecular weight is 293 g/mol. The molecule has 0 bridgehead atoms. The first kappa shape index (κ1) is 14.7. The van der Waals surface area contributed by atoms with Crippen LogP contribution < -0.4 is 5.73 Å². The summed E-state index contributed by atoms with van der Waals surface area (Å²) in [7, 11) is 0. The van der Waals surface area contributed by atoms with Crippen molar-refractivity contribution in [1.82, 2.24) is 0 Å². The Morgan fingerprint density at radius 1 is 1.37 bits per heavy atom. The second kappa shape index (κ2) is 4.98. The van der Waals surface area contributed by atoms with Crippen molar-refractivity contribution in [3.05, 3.63) is 35.1 Å². The summed E-state index contributed by atoms with van der Waals surface area (Å²) in [5, 5.41) is 0. The summed E-state index contributed by atoms with van der Waals surface area (Å²) < 4.78 is 50.8. The molecular weight excluding hydrogens is 278 g/mol. The second-order valence-electron chi connectivity index (χ2n) is 4.98. The third-order valence-corrected chi connectivity index (χ3v) is 5.18. The third kappa shape index (κ3) is 2.89. The highest BCUT2D eigenvalue weighted by atomic mass is 32.2. The second-order valence-corrected chi connectivity index (χ2v) is 6.61. The minimum Gasteiger partial charge on any atom is -0.323 e. The van der Waals surface area contributed by atoms with Crippen molar-refractivity contribution in [2.45, 2.75) is 36.7 Å². The Bertz CT molecular complexity index is 466. The van der Waals surface area contributed by atoms with Crippen molar-refractivity contribution in [3.8, 4) is 0 Å². The molecule has 19 heavy (non-hydrogen) atoms. The number of nitrogens with two attached hydrogens (primary N) is 1. The molecule has 2 atom stereocenters. The Balaban J connectivity index is 2.29. The molecule has 0 saturated carbocycles. The summed E-state index contributed by atoms with van der Waals surface area (Å²) in [6.07, 6.45) is -2.75. The van der Waals surface area contributed by atoms with Gasteiger partial charge in [-0.2, -0.15) is 24.9 Å². The first-order valence-electron chi connectivity index (χ1n) is 6.00. The van der Waals surface area contributed by atoms with Crippen molar-refractivity contribution in [2.24, 2.45) is 5.73 Å². The molecule has 1 aromatic carbocycles. The maximum atomic E-state index is 13.5. The standard InChI is InChI=1S/C13H15F4NS/c1-12(5-2-6-19-12)11(18)8-3-4-9(10(14)7-8)13(15,16)17/h3-4,7,11H,2,5-6,18H2,1H3. The topological polar surface area (TPSA) is 26.0 Å². The summed E-state index contributed by atoms with van der Waals surface area (Å²) in [4.78, 5) is 0. The van der Waals surface area contributed by atoms with Gasteiger partial charge in [0.05, 0.1) is 5.56 Å². The molecule has 106 valence electrons. The molecule has 6 heteroatoms. The van der Waals surface area contributed by atoms with Crippen molar-refractivity contribution in [3.63, 3.8) is 0 Å². The Kier molecular flexibility index (Phi) is 3.84. The van der Waals surface area contributed by atoms with Gasteiger partial charge in [-0.3, -0.25) is 0 Å². The van der Waals surface area contributed by atoms with Crippen LogP contribution in [0.5, 0.6) is 0 Å². The van der Waals surface area contributed by atoms with Gasteiger partial charge < -0.3 is 5.73 Å². The quantitative estimate of drug-likeness (QED) is 0.830. The van der Waals surface area contributed by atoms with Crippen molar-refractivity contribution < 1.29 is 17.6 Å². The van der Waals surface area contributed by atoms with E-state index in [9.17, 15) is 17.6 Å². The van der Waals surface area contributed by atoms with Crippen molar-refractivity contribution >= 4 is 11.8 Å². The number of rotatable bonds is 2. The van der Waals surface area contributed by atoms with Crippen LogP contribution in [0, 0.1) is 5.82 Å². The Labute approximate surface area is 113 Å². The summed E-state index contributed by atoms with van der Waals surface area (Å²) in [5.41, 5.74) is 5.27. The Morgan fingerprint density at radius 3 is 2.53 bits per heavy atom. The van der Waals surface area contributed by atoms with E-state index in [-0.39, 0.29) is 4.75 Å². The number of thioether (sulfide) groups is 1. The van der Waals surface area contributed by atoms with Gasteiger partial charge in [-0.05, 0) is 43.2 Å².